The summed E-state index contributed by atoms with van der Waals surface area (Å²) in [5.74, 6) is 0.664. The number of benzene rings is 1. The number of fused-ring (bicyclic) bond motifs is 1. The van der Waals surface area contributed by atoms with Crippen molar-refractivity contribution in [2.45, 2.75) is 39.3 Å². The van der Waals surface area contributed by atoms with Crippen molar-refractivity contribution in [1.82, 2.24) is 14.9 Å². The Morgan fingerprint density at radius 3 is 2.44 bits per heavy atom. The highest BCUT2D eigenvalue weighted by atomic mass is 35.5. The third-order valence-electron chi connectivity index (χ3n) is 4.06. The van der Waals surface area contributed by atoms with E-state index >= 15 is 0 Å². The van der Waals surface area contributed by atoms with Crippen LogP contribution in [0.2, 0.25) is 5.15 Å². The molecule has 0 spiro atoms. The first-order valence-corrected chi connectivity index (χ1v) is 8.79. The van der Waals surface area contributed by atoms with Gasteiger partial charge >= 0.3 is 6.09 Å². The summed E-state index contributed by atoms with van der Waals surface area (Å²) in [4.78, 5) is 25.2. The molecule has 0 unspecified atom stereocenters. The number of para-hydroxylation sites is 2. The second-order valence-electron chi connectivity index (χ2n) is 7.30. The highest BCUT2D eigenvalue weighted by molar-refractivity contribution is 6.32. The van der Waals surface area contributed by atoms with Gasteiger partial charge in [0.1, 0.15) is 5.60 Å². The van der Waals surface area contributed by atoms with Gasteiger partial charge in [0.15, 0.2) is 11.0 Å². The van der Waals surface area contributed by atoms with Crippen LogP contribution < -0.4 is 4.90 Å². The van der Waals surface area contributed by atoms with Crippen molar-refractivity contribution in [3.8, 4) is 0 Å². The summed E-state index contributed by atoms with van der Waals surface area (Å²) >= 11 is 6.37. The monoisotopic (exact) mass is 362 g/mol. The van der Waals surface area contributed by atoms with Crippen LogP contribution in [0.5, 0.6) is 0 Å². The van der Waals surface area contributed by atoms with E-state index in [9.17, 15) is 4.79 Å². The van der Waals surface area contributed by atoms with E-state index in [1.54, 1.807) is 4.90 Å². The lowest BCUT2D eigenvalue weighted by atomic mass is 10.2. The van der Waals surface area contributed by atoms with Crippen LogP contribution >= 0.6 is 11.6 Å². The highest BCUT2D eigenvalue weighted by Crippen LogP contribution is 2.28. The molecule has 1 aromatic carbocycles. The van der Waals surface area contributed by atoms with Crippen molar-refractivity contribution < 1.29 is 9.53 Å². The van der Waals surface area contributed by atoms with E-state index in [2.05, 4.69) is 14.9 Å². The smallest absolute Gasteiger partial charge is 0.410 e. The molecule has 0 radical (unpaired) electrons. The van der Waals surface area contributed by atoms with Crippen LogP contribution in [0.15, 0.2) is 24.3 Å². The lowest BCUT2D eigenvalue weighted by Gasteiger charge is -2.40. The minimum Gasteiger partial charge on any atom is -0.444 e. The third-order valence-corrected chi connectivity index (χ3v) is 4.32. The molecule has 7 heteroatoms. The fourth-order valence-corrected chi connectivity index (χ4v) is 3.16. The number of amides is 1. The standard InChI is InChI=1S/C18H23ClN4O2/c1-12-11-22(17(24)25-18(2,3)4)9-10-23(12)16-15(19)20-13-7-5-6-8-14(13)21-16/h5-8,12H,9-11H2,1-4H3/t12-/m1/s1. The van der Waals surface area contributed by atoms with E-state index in [4.69, 9.17) is 16.3 Å². The largest absolute Gasteiger partial charge is 0.444 e. The summed E-state index contributed by atoms with van der Waals surface area (Å²) in [5.41, 5.74) is 1.09. The second-order valence-corrected chi connectivity index (χ2v) is 7.65. The van der Waals surface area contributed by atoms with Gasteiger partial charge in [-0.3, -0.25) is 0 Å². The molecular weight excluding hydrogens is 340 g/mol. The second kappa shape index (κ2) is 6.67. The fraction of sp³-hybridized carbons (Fsp3) is 0.500. The van der Waals surface area contributed by atoms with Crippen LogP contribution in [0.4, 0.5) is 10.6 Å². The Morgan fingerprint density at radius 1 is 1.20 bits per heavy atom. The van der Waals surface area contributed by atoms with Crippen molar-refractivity contribution >= 4 is 34.5 Å². The summed E-state index contributed by atoms with van der Waals surface area (Å²) in [7, 11) is 0. The fourth-order valence-electron chi connectivity index (χ4n) is 2.92. The first-order valence-electron chi connectivity index (χ1n) is 8.41. The van der Waals surface area contributed by atoms with Gasteiger partial charge in [-0.25, -0.2) is 14.8 Å². The van der Waals surface area contributed by atoms with Crippen LogP contribution in [0.25, 0.3) is 11.0 Å². The average molecular weight is 363 g/mol. The van der Waals surface area contributed by atoms with Gasteiger partial charge in [0.2, 0.25) is 0 Å². The molecule has 1 aromatic heterocycles. The molecule has 2 aromatic rings. The van der Waals surface area contributed by atoms with E-state index in [-0.39, 0.29) is 12.1 Å². The van der Waals surface area contributed by atoms with Crippen molar-refractivity contribution in [2.75, 3.05) is 24.5 Å². The molecule has 1 aliphatic rings. The lowest BCUT2D eigenvalue weighted by Crippen LogP contribution is -2.55. The molecule has 1 amide bonds. The number of ether oxygens (including phenoxy) is 1. The summed E-state index contributed by atoms with van der Waals surface area (Å²) < 4.78 is 5.46. The number of aromatic nitrogens is 2. The lowest BCUT2D eigenvalue weighted by molar-refractivity contribution is 0.0218. The topological polar surface area (TPSA) is 58.6 Å². The first kappa shape index (κ1) is 17.7. The first-order chi connectivity index (χ1) is 11.7. The Hall–Kier alpha value is -2.08. The maximum absolute atomic E-state index is 12.3. The SMILES string of the molecule is C[C@@H]1CN(C(=O)OC(C)(C)C)CCN1c1nc2ccccc2nc1Cl. The molecule has 134 valence electrons. The van der Waals surface area contributed by atoms with E-state index < -0.39 is 5.60 Å². The van der Waals surface area contributed by atoms with Crippen LogP contribution in [0, 0.1) is 0 Å². The number of halogens is 1. The van der Waals surface area contributed by atoms with Gasteiger partial charge in [0.25, 0.3) is 0 Å². The summed E-state index contributed by atoms with van der Waals surface area (Å²) in [6.07, 6.45) is -0.283. The molecule has 1 fully saturated rings. The van der Waals surface area contributed by atoms with E-state index in [1.807, 2.05) is 52.0 Å². The van der Waals surface area contributed by atoms with E-state index in [0.29, 0.717) is 30.6 Å². The Balaban J connectivity index is 1.78. The van der Waals surface area contributed by atoms with Crippen molar-refractivity contribution in [3.05, 3.63) is 29.4 Å². The summed E-state index contributed by atoms with van der Waals surface area (Å²) in [5, 5.41) is 0.385. The van der Waals surface area contributed by atoms with Crippen molar-refractivity contribution in [2.24, 2.45) is 0 Å². The van der Waals surface area contributed by atoms with Crippen LogP contribution in [-0.4, -0.2) is 52.2 Å². The summed E-state index contributed by atoms with van der Waals surface area (Å²) in [6.45, 7) is 9.40. The van der Waals surface area contributed by atoms with Crippen LogP contribution in [0.3, 0.4) is 0 Å². The predicted octanol–water partition coefficient (Wildman–Crippen LogP) is 3.73. The number of hydrogen-bond acceptors (Lipinski definition) is 5. The predicted molar refractivity (Wildman–Crippen MR) is 99.2 cm³/mol. The molecule has 1 saturated heterocycles. The van der Waals surface area contributed by atoms with E-state index in [0.717, 1.165) is 11.0 Å². The highest BCUT2D eigenvalue weighted by Gasteiger charge is 2.31. The molecule has 0 N–H and O–H groups in total. The summed E-state index contributed by atoms with van der Waals surface area (Å²) in [6, 6.07) is 7.72. The maximum atomic E-state index is 12.3. The van der Waals surface area contributed by atoms with Gasteiger partial charge in [-0.2, -0.15) is 0 Å². The van der Waals surface area contributed by atoms with Gasteiger partial charge in [-0.05, 0) is 39.8 Å². The third kappa shape index (κ3) is 3.95. The van der Waals surface area contributed by atoms with Crippen LogP contribution in [0.1, 0.15) is 27.7 Å². The van der Waals surface area contributed by atoms with Crippen molar-refractivity contribution in [3.63, 3.8) is 0 Å². The quantitative estimate of drug-likeness (QED) is 0.773. The molecule has 0 saturated carbocycles. The molecule has 0 bridgehead atoms. The van der Waals surface area contributed by atoms with Gasteiger partial charge in [-0.1, -0.05) is 23.7 Å². The van der Waals surface area contributed by atoms with Crippen LogP contribution in [-0.2, 0) is 4.74 Å². The molecule has 1 aliphatic heterocycles. The zero-order chi connectivity index (χ0) is 18.2. The zero-order valence-corrected chi connectivity index (χ0v) is 15.7. The Bertz CT molecular complexity index is 790. The number of anilines is 1. The minimum absolute atomic E-state index is 0.0641. The Kier molecular flexibility index (Phi) is 4.73. The minimum atomic E-state index is -0.495. The number of piperazine rings is 1. The van der Waals surface area contributed by atoms with Gasteiger partial charge in [0, 0.05) is 25.7 Å². The molecule has 3 rings (SSSR count). The van der Waals surface area contributed by atoms with Gasteiger partial charge in [-0.15, -0.1) is 0 Å². The normalized spacial score (nSPS) is 18.5. The Morgan fingerprint density at radius 2 is 1.84 bits per heavy atom. The number of carbonyl (C=O) groups excluding carboxylic acids is 1. The maximum Gasteiger partial charge on any atom is 0.410 e. The number of carbonyl (C=O) groups is 1. The average Bonchev–Trinajstić information content (AvgIpc) is 2.53. The Labute approximate surface area is 152 Å². The van der Waals surface area contributed by atoms with Gasteiger partial charge in [0.05, 0.1) is 11.0 Å². The molecule has 6 nitrogen and oxygen atoms in total. The number of hydrogen-bond donors (Lipinski definition) is 0. The number of rotatable bonds is 1. The molecule has 0 aliphatic carbocycles. The number of nitrogens with zero attached hydrogens (tertiary/aromatic N) is 4. The molecule has 1 atom stereocenters. The molecule has 25 heavy (non-hydrogen) atoms. The van der Waals surface area contributed by atoms with Gasteiger partial charge < -0.3 is 14.5 Å². The molecule has 2 heterocycles. The molecular formula is C18H23ClN4O2. The zero-order valence-electron chi connectivity index (χ0n) is 15.0. The van der Waals surface area contributed by atoms with Crippen molar-refractivity contribution in [1.29, 1.82) is 0 Å². The van der Waals surface area contributed by atoms with E-state index in [1.165, 1.54) is 0 Å².